The van der Waals surface area contributed by atoms with Gasteiger partial charge >= 0.3 is 0 Å². The third-order valence-electron chi connectivity index (χ3n) is 1.32. The lowest BCUT2D eigenvalue weighted by Crippen LogP contribution is -2.23. The Morgan fingerprint density at radius 2 is 1.73 bits per heavy atom. The van der Waals surface area contributed by atoms with E-state index >= 15 is 0 Å². The Labute approximate surface area is 70.3 Å². The van der Waals surface area contributed by atoms with Gasteiger partial charge in [-0.3, -0.25) is 9.59 Å². The molecule has 0 radical (unpaired) electrons. The van der Waals surface area contributed by atoms with Gasteiger partial charge in [0.1, 0.15) is 0 Å². The van der Waals surface area contributed by atoms with Gasteiger partial charge in [-0.15, -0.1) is 0 Å². The molecule has 0 aliphatic carbocycles. The van der Waals surface area contributed by atoms with Crippen molar-refractivity contribution >= 4 is 23.8 Å². The van der Waals surface area contributed by atoms with Crippen LogP contribution in [-0.2, 0) is 9.59 Å². The van der Waals surface area contributed by atoms with E-state index in [0.717, 1.165) is 0 Å². The topological polar surface area (TPSA) is 37.4 Å². The molecule has 0 spiro atoms. The molecule has 0 aromatic heterocycles. The molecule has 0 atom stereocenters. The minimum atomic E-state index is -0.0475. The first-order chi connectivity index (χ1) is 5.11. The third-order valence-corrected chi connectivity index (χ3v) is 2.36. The monoisotopic (exact) mass is 173 g/mol. The van der Waals surface area contributed by atoms with Gasteiger partial charge in [0.05, 0.1) is 0 Å². The van der Waals surface area contributed by atoms with Gasteiger partial charge in [0, 0.05) is 18.1 Å². The van der Waals surface area contributed by atoms with E-state index in [9.17, 15) is 9.59 Å². The molecule has 0 aromatic rings. The maximum Gasteiger partial charge on any atom is 0.239 e. The summed E-state index contributed by atoms with van der Waals surface area (Å²) in [7, 11) is 0. The molecule has 1 saturated heterocycles. The number of nitrogens with zero attached hydrogens (tertiary/aromatic N) is 1. The van der Waals surface area contributed by atoms with Crippen LogP contribution in [0.15, 0.2) is 0 Å². The van der Waals surface area contributed by atoms with Crippen LogP contribution in [0.1, 0.15) is 26.7 Å². The van der Waals surface area contributed by atoms with Crippen molar-refractivity contribution in [3.63, 3.8) is 0 Å². The van der Waals surface area contributed by atoms with Crippen molar-refractivity contribution in [2.45, 2.75) is 31.9 Å². The van der Waals surface area contributed by atoms with E-state index in [0.29, 0.717) is 18.1 Å². The highest BCUT2D eigenvalue weighted by atomic mass is 32.2. The smallest absolute Gasteiger partial charge is 0.239 e. The lowest BCUT2D eigenvalue weighted by molar-refractivity contribution is -0.131. The van der Waals surface area contributed by atoms with Crippen LogP contribution in [-0.4, -0.2) is 21.4 Å². The molecule has 0 aromatic carbocycles. The summed E-state index contributed by atoms with van der Waals surface area (Å²) in [4.78, 5) is 22.0. The predicted molar refractivity (Wildman–Crippen MR) is 43.8 cm³/mol. The molecule has 62 valence electrons. The Hall–Kier alpha value is -0.510. The highest BCUT2D eigenvalue weighted by molar-refractivity contribution is 7.98. The maximum atomic E-state index is 11.0. The summed E-state index contributed by atoms with van der Waals surface area (Å²) in [5.74, 6) is -0.0950. The lowest BCUT2D eigenvalue weighted by atomic mass is 10.4. The Kier molecular flexibility index (Phi) is 2.54. The molecule has 1 fully saturated rings. The van der Waals surface area contributed by atoms with Crippen LogP contribution < -0.4 is 0 Å². The molecule has 1 aliphatic rings. The average Bonchev–Trinajstić information content (AvgIpc) is 2.18. The minimum Gasteiger partial charge on any atom is -0.273 e. The van der Waals surface area contributed by atoms with Gasteiger partial charge < -0.3 is 0 Å². The Balaban J connectivity index is 2.55. The fourth-order valence-corrected chi connectivity index (χ4v) is 1.72. The number of hydrogen-bond acceptors (Lipinski definition) is 3. The van der Waals surface area contributed by atoms with Gasteiger partial charge in [-0.1, -0.05) is 13.8 Å². The van der Waals surface area contributed by atoms with Crippen molar-refractivity contribution in [1.82, 2.24) is 4.31 Å². The molecular weight excluding hydrogens is 162 g/mol. The molecule has 0 saturated carbocycles. The van der Waals surface area contributed by atoms with Crippen molar-refractivity contribution in [2.24, 2.45) is 0 Å². The van der Waals surface area contributed by atoms with Gasteiger partial charge in [0.2, 0.25) is 11.8 Å². The van der Waals surface area contributed by atoms with Gasteiger partial charge in [0.15, 0.2) is 0 Å². The second kappa shape index (κ2) is 3.26. The highest BCUT2D eigenvalue weighted by Crippen LogP contribution is 2.24. The minimum absolute atomic E-state index is 0.0475. The fourth-order valence-electron chi connectivity index (χ4n) is 0.884. The number of carbonyl (C=O) groups excluding carboxylic acids is 2. The molecule has 1 rings (SSSR count). The molecule has 4 heteroatoms. The summed E-state index contributed by atoms with van der Waals surface area (Å²) in [5, 5.41) is 0.293. The molecule has 2 amide bonds. The van der Waals surface area contributed by atoms with Gasteiger partial charge in [-0.25, -0.2) is 4.31 Å². The second-order valence-electron chi connectivity index (χ2n) is 2.74. The maximum absolute atomic E-state index is 11.0. The number of hydrogen-bond donors (Lipinski definition) is 0. The summed E-state index contributed by atoms with van der Waals surface area (Å²) >= 11 is 1.31. The molecular formula is C7H11NO2S. The third kappa shape index (κ3) is 1.96. The van der Waals surface area contributed by atoms with Crippen LogP contribution in [0.5, 0.6) is 0 Å². The van der Waals surface area contributed by atoms with Crippen LogP contribution in [0.25, 0.3) is 0 Å². The zero-order valence-electron chi connectivity index (χ0n) is 6.66. The molecule has 11 heavy (non-hydrogen) atoms. The normalized spacial score (nSPS) is 18.6. The van der Waals surface area contributed by atoms with E-state index < -0.39 is 0 Å². The average molecular weight is 173 g/mol. The SMILES string of the molecule is CC(C)SN1C(=O)CCC1=O. The van der Waals surface area contributed by atoms with Gasteiger partial charge in [-0.2, -0.15) is 0 Å². The number of carbonyl (C=O) groups is 2. The summed E-state index contributed by atoms with van der Waals surface area (Å²) in [6.45, 7) is 3.92. The van der Waals surface area contributed by atoms with Crippen molar-refractivity contribution < 1.29 is 9.59 Å². The van der Waals surface area contributed by atoms with Crippen LogP contribution in [0.3, 0.4) is 0 Å². The molecule has 0 bridgehead atoms. The molecule has 3 nitrogen and oxygen atoms in total. The number of imide groups is 1. The van der Waals surface area contributed by atoms with Crippen molar-refractivity contribution in [1.29, 1.82) is 0 Å². The summed E-state index contributed by atoms with van der Waals surface area (Å²) in [5.41, 5.74) is 0. The zero-order valence-corrected chi connectivity index (χ0v) is 7.48. The van der Waals surface area contributed by atoms with Gasteiger partial charge in [-0.05, 0) is 11.9 Å². The number of amides is 2. The van der Waals surface area contributed by atoms with Crippen LogP contribution in [0, 0.1) is 0 Å². The first-order valence-corrected chi connectivity index (χ1v) is 4.47. The number of rotatable bonds is 2. The summed E-state index contributed by atoms with van der Waals surface area (Å²) < 4.78 is 1.28. The standard InChI is InChI=1S/C7H11NO2S/c1-5(2)11-8-6(9)3-4-7(8)10/h5H,3-4H2,1-2H3. The van der Waals surface area contributed by atoms with Crippen molar-refractivity contribution in [3.8, 4) is 0 Å². The van der Waals surface area contributed by atoms with Crippen LogP contribution in [0.2, 0.25) is 0 Å². The Morgan fingerprint density at radius 1 is 1.27 bits per heavy atom. The second-order valence-corrected chi connectivity index (χ2v) is 4.25. The van der Waals surface area contributed by atoms with Crippen molar-refractivity contribution in [2.75, 3.05) is 0 Å². The van der Waals surface area contributed by atoms with E-state index in [4.69, 9.17) is 0 Å². The van der Waals surface area contributed by atoms with E-state index in [2.05, 4.69) is 0 Å². The quantitative estimate of drug-likeness (QED) is 0.465. The summed E-state index contributed by atoms with van der Waals surface area (Å²) in [6, 6.07) is 0. The van der Waals surface area contributed by atoms with Crippen molar-refractivity contribution in [3.05, 3.63) is 0 Å². The first kappa shape index (κ1) is 8.59. The molecule has 1 aliphatic heterocycles. The predicted octanol–water partition coefficient (Wildman–Crippen LogP) is 1.19. The summed E-state index contributed by atoms with van der Waals surface area (Å²) in [6.07, 6.45) is 0.775. The van der Waals surface area contributed by atoms with Crippen LogP contribution in [0.4, 0.5) is 0 Å². The van der Waals surface area contributed by atoms with E-state index in [1.54, 1.807) is 0 Å². The van der Waals surface area contributed by atoms with E-state index in [1.807, 2.05) is 13.8 Å². The van der Waals surface area contributed by atoms with Gasteiger partial charge in [0.25, 0.3) is 0 Å². The van der Waals surface area contributed by atoms with E-state index in [1.165, 1.54) is 16.3 Å². The largest absolute Gasteiger partial charge is 0.273 e. The molecule has 0 unspecified atom stereocenters. The van der Waals surface area contributed by atoms with Crippen LogP contribution >= 0.6 is 11.9 Å². The highest BCUT2D eigenvalue weighted by Gasteiger charge is 2.29. The first-order valence-electron chi connectivity index (χ1n) is 3.64. The zero-order chi connectivity index (χ0) is 8.43. The Morgan fingerprint density at radius 3 is 2.09 bits per heavy atom. The lowest BCUT2D eigenvalue weighted by Gasteiger charge is -2.13. The fraction of sp³-hybridized carbons (Fsp3) is 0.714. The Bertz CT molecular complexity index is 175. The van der Waals surface area contributed by atoms with E-state index in [-0.39, 0.29) is 11.8 Å². The molecule has 1 heterocycles. The molecule has 0 N–H and O–H groups in total.